The molecule has 0 saturated heterocycles. The van der Waals surface area contributed by atoms with Crippen LogP contribution in [0.5, 0.6) is 11.6 Å². The summed E-state index contributed by atoms with van der Waals surface area (Å²) in [4.78, 5) is 15.3. The first-order valence-electron chi connectivity index (χ1n) is 10.2. The first-order chi connectivity index (χ1) is 15.4. The second-order valence-electron chi connectivity index (χ2n) is 7.76. The largest absolute Gasteiger partial charge is 0.478 e. The van der Waals surface area contributed by atoms with Crippen LogP contribution in [0.1, 0.15) is 39.6 Å². The summed E-state index contributed by atoms with van der Waals surface area (Å²) in [5, 5.41) is 23.8. The lowest BCUT2D eigenvalue weighted by molar-refractivity contribution is 0.0696. The van der Waals surface area contributed by atoms with Crippen molar-refractivity contribution in [3.8, 4) is 11.6 Å². The molecule has 0 bridgehead atoms. The summed E-state index contributed by atoms with van der Waals surface area (Å²) >= 11 is 11.9. The maximum Gasteiger partial charge on any atom is 0.337 e. The minimum absolute atomic E-state index is 0.0582. The highest BCUT2D eigenvalue weighted by Crippen LogP contribution is 2.29. The monoisotopic (exact) mass is 472 g/mol. The van der Waals surface area contributed by atoms with Crippen LogP contribution in [-0.4, -0.2) is 33.8 Å². The third-order valence-corrected chi connectivity index (χ3v) is 6.06. The van der Waals surface area contributed by atoms with Gasteiger partial charge in [0, 0.05) is 23.7 Å². The maximum absolute atomic E-state index is 11.3. The van der Waals surface area contributed by atoms with Gasteiger partial charge in [-0.2, -0.15) is 0 Å². The van der Waals surface area contributed by atoms with Gasteiger partial charge in [0.05, 0.1) is 22.9 Å². The van der Waals surface area contributed by atoms with Gasteiger partial charge in [0.25, 0.3) is 0 Å². The number of pyridine rings is 1. The molecule has 1 aliphatic carbocycles. The van der Waals surface area contributed by atoms with Crippen molar-refractivity contribution >= 4 is 29.2 Å². The van der Waals surface area contributed by atoms with Gasteiger partial charge in [0.2, 0.25) is 5.88 Å². The number of benzene rings is 2. The summed E-state index contributed by atoms with van der Waals surface area (Å²) in [6.45, 7) is 0.434. The second-order valence-corrected chi connectivity index (χ2v) is 8.60. The van der Waals surface area contributed by atoms with Crippen LogP contribution in [0, 0.1) is 0 Å². The summed E-state index contributed by atoms with van der Waals surface area (Å²) in [6.07, 6.45) is 3.32. The van der Waals surface area contributed by atoms with Crippen LogP contribution in [0.2, 0.25) is 10.0 Å². The van der Waals surface area contributed by atoms with E-state index in [9.17, 15) is 15.0 Å². The molecule has 0 unspecified atom stereocenters. The summed E-state index contributed by atoms with van der Waals surface area (Å²) < 4.78 is 5.79. The Morgan fingerprint density at radius 1 is 1.19 bits per heavy atom. The number of aromatic carboxylic acids is 1. The van der Waals surface area contributed by atoms with Crippen LogP contribution in [0.4, 0.5) is 0 Å². The topological polar surface area (TPSA) is 91.7 Å². The van der Waals surface area contributed by atoms with Crippen molar-refractivity contribution in [2.24, 2.45) is 0 Å². The lowest BCUT2D eigenvalue weighted by atomic mass is 9.88. The van der Waals surface area contributed by atoms with Crippen molar-refractivity contribution in [1.29, 1.82) is 0 Å². The molecule has 0 radical (unpaired) electrons. The number of hydrogen-bond donors (Lipinski definition) is 3. The predicted molar refractivity (Wildman–Crippen MR) is 123 cm³/mol. The smallest absolute Gasteiger partial charge is 0.337 e. The SMILES string of the molecule is O=C(O)c1cc(Oc2ccc3c(c2)C[C@@H](NC[C@H](O)c2cccc(Cl)c2)CC3)ncc1Cl. The molecule has 1 aliphatic rings. The number of aliphatic hydroxyl groups excluding tert-OH is 1. The molecule has 4 rings (SSSR count). The Morgan fingerprint density at radius 3 is 2.81 bits per heavy atom. The Kier molecular flexibility index (Phi) is 6.96. The predicted octanol–water partition coefficient (Wildman–Crippen LogP) is 5.06. The van der Waals surface area contributed by atoms with Crippen LogP contribution in [0.3, 0.4) is 0 Å². The third-order valence-electron chi connectivity index (χ3n) is 5.52. The molecule has 3 N–H and O–H groups in total. The number of aryl methyl sites for hydroxylation is 1. The van der Waals surface area contributed by atoms with Crippen molar-refractivity contribution in [2.45, 2.75) is 31.4 Å². The Bertz CT molecular complexity index is 1140. The third kappa shape index (κ3) is 5.40. The average molecular weight is 473 g/mol. The van der Waals surface area contributed by atoms with Gasteiger partial charge in [-0.25, -0.2) is 9.78 Å². The quantitative estimate of drug-likeness (QED) is 0.445. The van der Waals surface area contributed by atoms with Gasteiger partial charge in [-0.05, 0) is 60.2 Å². The van der Waals surface area contributed by atoms with E-state index in [0.29, 0.717) is 17.3 Å². The number of fused-ring (bicyclic) bond motifs is 1. The van der Waals surface area contributed by atoms with Crippen molar-refractivity contribution in [3.05, 3.63) is 87.0 Å². The minimum atomic E-state index is -1.14. The van der Waals surface area contributed by atoms with Gasteiger partial charge < -0.3 is 20.3 Å². The van der Waals surface area contributed by atoms with E-state index >= 15 is 0 Å². The number of rotatable bonds is 7. The lowest BCUT2D eigenvalue weighted by Gasteiger charge is -2.27. The van der Waals surface area contributed by atoms with Crippen LogP contribution >= 0.6 is 23.2 Å². The zero-order valence-electron chi connectivity index (χ0n) is 17.1. The number of carbonyl (C=O) groups is 1. The van der Waals surface area contributed by atoms with Gasteiger partial charge >= 0.3 is 5.97 Å². The van der Waals surface area contributed by atoms with Gasteiger partial charge in [-0.1, -0.05) is 41.4 Å². The molecular formula is C24H22Cl2N2O4. The fourth-order valence-corrected chi connectivity index (χ4v) is 4.22. The number of ether oxygens (including phenoxy) is 1. The molecule has 1 aromatic heterocycles. The zero-order chi connectivity index (χ0) is 22.7. The molecule has 166 valence electrons. The Hall–Kier alpha value is -2.64. The molecule has 0 spiro atoms. The van der Waals surface area contributed by atoms with Gasteiger partial charge in [-0.15, -0.1) is 0 Å². The van der Waals surface area contributed by atoms with Crippen LogP contribution in [-0.2, 0) is 12.8 Å². The molecule has 2 aromatic carbocycles. The van der Waals surface area contributed by atoms with E-state index in [4.69, 9.17) is 27.9 Å². The number of carboxylic acid groups (broad SMARTS) is 1. The fraction of sp³-hybridized carbons (Fsp3) is 0.250. The van der Waals surface area contributed by atoms with E-state index in [-0.39, 0.29) is 22.5 Å². The summed E-state index contributed by atoms with van der Waals surface area (Å²) in [5.41, 5.74) is 3.13. The molecule has 0 fully saturated rings. The van der Waals surface area contributed by atoms with E-state index in [1.54, 1.807) is 12.1 Å². The summed E-state index contributed by atoms with van der Waals surface area (Å²) in [5.74, 6) is -0.391. The highest BCUT2D eigenvalue weighted by molar-refractivity contribution is 6.33. The summed E-state index contributed by atoms with van der Waals surface area (Å²) in [6, 6.07) is 14.6. The van der Waals surface area contributed by atoms with Gasteiger partial charge in [0.1, 0.15) is 5.75 Å². The normalized spacial score (nSPS) is 16.3. The minimum Gasteiger partial charge on any atom is -0.478 e. The van der Waals surface area contributed by atoms with Crippen molar-refractivity contribution in [2.75, 3.05) is 6.54 Å². The lowest BCUT2D eigenvalue weighted by Crippen LogP contribution is -2.37. The van der Waals surface area contributed by atoms with Crippen LogP contribution in [0.15, 0.2) is 54.7 Å². The van der Waals surface area contributed by atoms with Gasteiger partial charge in [0.15, 0.2) is 0 Å². The molecule has 1 heterocycles. The first-order valence-corrected chi connectivity index (χ1v) is 11.0. The van der Waals surface area contributed by atoms with Crippen LogP contribution < -0.4 is 10.1 Å². The van der Waals surface area contributed by atoms with Gasteiger partial charge in [-0.3, -0.25) is 0 Å². The number of carboxylic acids is 1. The van der Waals surface area contributed by atoms with E-state index in [0.717, 1.165) is 30.4 Å². The zero-order valence-corrected chi connectivity index (χ0v) is 18.6. The van der Waals surface area contributed by atoms with E-state index in [1.165, 1.54) is 17.8 Å². The Balaban J connectivity index is 1.41. The van der Waals surface area contributed by atoms with Crippen molar-refractivity contribution in [1.82, 2.24) is 10.3 Å². The molecule has 3 aromatic rings. The number of nitrogens with one attached hydrogen (secondary N) is 1. The highest BCUT2D eigenvalue weighted by atomic mass is 35.5. The number of aromatic nitrogens is 1. The molecule has 2 atom stereocenters. The molecule has 0 saturated carbocycles. The van der Waals surface area contributed by atoms with Crippen LogP contribution in [0.25, 0.3) is 0 Å². The number of nitrogens with zero attached hydrogens (tertiary/aromatic N) is 1. The molecule has 32 heavy (non-hydrogen) atoms. The van der Waals surface area contributed by atoms with Crippen molar-refractivity contribution in [3.63, 3.8) is 0 Å². The molecule has 6 nitrogen and oxygen atoms in total. The van der Waals surface area contributed by atoms with E-state index in [2.05, 4.69) is 10.3 Å². The first kappa shape index (κ1) is 22.6. The van der Waals surface area contributed by atoms with E-state index in [1.807, 2.05) is 30.3 Å². The Labute approximate surface area is 195 Å². The molecule has 0 amide bonds. The molecular weight excluding hydrogens is 451 g/mol. The number of halogens is 2. The Morgan fingerprint density at radius 2 is 2.03 bits per heavy atom. The fourth-order valence-electron chi connectivity index (χ4n) is 3.84. The second kappa shape index (κ2) is 9.88. The number of hydrogen-bond acceptors (Lipinski definition) is 5. The van der Waals surface area contributed by atoms with E-state index < -0.39 is 12.1 Å². The maximum atomic E-state index is 11.3. The number of aliphatic hydroxyl groups is 1. The summed E-state index contributed by atoms with van der Waals surface area (Å²) in [7, 11) is 0. The molecule has 0 aliphatic heterocycles. The average Bonchev–Trinajstić information content (AvgIpc) is 2.78. The molecule has 8 heteroatoms. The standard InChI is InChI=1S/C24H22Cl2N2O4/c25-17-3-1-2-15(8-17)22(29)13-27-18-6-4-14-5-7-19(10-16(14)9-18)32-23-11-20(24(30)31)21(26)12-28-23/h1-3,5,7-8,10-12,18,22,27,29H,4,6,9,13H2,(H,30,31)/t18-,22-/m0/s1. The highest BCUT2D eigenvalue weighted by Gasteiger charge is 2.20. The van der Waals surface area contributed by atoms with Crippen molar-refractivity contribution < 1.29 is 19.7 Å².